The lowest BCUT2D eigenvalue weighted by Crippen LogP contribution is -2.61. The van der Waals surface area contributed by atoms with Gasteiger partial charge in [-0.05, 0) is 87.7 Å². The summed E-state index contributed by atoms with van der Waals surface area (Å²) >= 11 is 8.66. The minimum absolute atomic E-state index is 0.0149. The molecule has 6 rings (SSSR count). The number of aliphatic carboxylic acids is 1. The molecule has 0 aromatic heterocycles. The number of rotatable bonds is 18. The van der Waals surface area contributed by atoms with Crippen LogP contribution in [0.25, 0.3) is 0 Å². The van der Waals surface area contributed by atoms with Crippen LogP contribution in [0.4, 0.5) is 0 Å². The number of guanidine groups is 1. The Morgan fingerprint density at radius 3 is 1.52 bits per heavy atom. The van der Waals surface area contributed by atoms with Crippen molar-refractivity contribution < 1.29 is 87.2 Å². The molecular weight excluding hydrogens is 1430 g/mol. The zero-order valence-corrected chi connectivity index (χ0v) is 62.7. The van der Waals surface area contributed by atoms with Crippen LogP contribution in [0, 0.1) is 17.8 Å². The molecule has 16 atom stereocenters. The van der Waals surface area contributed by atoms with Gasteiger partial charge in [-0.15, -0.1) is 0 Å². The molecule has 2 aromatic carbocycles. The number of thiol groups is 2. The van der Waals surface area contributed by atoms with Crippen molar-refractivity contribution in [1.82, 2.24) is 67.9 Å². The van der Waals surface area contributed by atoms with Crippen molar-refractivity contribution in [2.24, 2.45) is 34.2 Å². The van der Waals surface area contributed by atoms with Gasteiger partial charge in [-0.25, -0.2) is 0 Å². The van der Waals surface area contributed by atoms with E-state index in [1.54, 1.807) is 88.4 Å². The highest BCUT2D eigenvalue weighted by Gasteiger charge is 2.47. The van der Waals surface area contributed by atoms with Gasteiger partial charge in [0.25, 0.3) is 0 Å². The zero-order valence-electron chi connectivity index (χ0n) is 60.9. The third kappa shape index (κ3) is 24.8. The fourth-order valence-corrected chi connectivity index (χ4v) is 13.8. The molecule has 13 amide bonds. The van der Waals surface area contributed by atoms with E-state index in [0.717, 1.165) is 0 Å². The number of hydrogen-bond acceptors (Lipinski definition) is 20. The summed E-state index contributed by atoms with van der Waals surface area (Å²) in [6.45, 7) is 6.23. The highest BCUT2D eigenvalue weighted by molar-refractivity contribution is 7.80. The molecule has 0 radical (unpaired) electrons. The SMILES string of the molecule is CC[C@H](C)[C@@H]1NC(=O)[C@@H]2CCCN2C(=O)[C@@H]2CCCN2C(=O)[C@H]([C@@H](C)CC)NC(=O)[C@H](CO)NC(=O)[C@@H](Cc2ccccc2)CC(=O)[C@H]([C@@H](C)O)NC(=O)[C@H](CS)NC(=O)[C@H](CCCN=C(N)N)NC(=O)CNC(=O)[C@H](CC(=O)O)NC(=O)[C@@H]2CCCN2C(=O)[C@H](Cc2ccccc2)NC(=O)[C@H](CS)NC1=O. The number of hydrogen-bond donors (Lipinski definition) is 17. The molecule has 2 aromatic rings. The number of ketones is 1. The van der Waals surface area contributed by atoms with Crippen LogP contribution in [-0.2, 0) is 84.8 Å². The van der Waals surface area contributed by atoms with E-state index in [-0.39, 0.29) is 89.3 Å². The third-order valence-electron chi connectivity index (χ3n) is 19.7. The van der Waals surface area contributed by atoms with Crippen LogP contribution in [0.2, 0.25) is 0 Å². The number of aliphatic hydroxyl groups excluding tert-OH is 2. The summed E-state index contributed by atoms with van der Waals surface area (Å²) in [5.74, 6) is -17.6. The van der Waals surface area contributed by atoms with Crippen molar-refractivity contribution in [3.05, 3.63) is 71.8 Å². The molecule has 0 spiro atoms. The largest absolute Gasteiger partial charge is 0.481 e. The number of fused-ring (bicyclic) bond motifs is 3. The Balaban J connectivity index is 1.35. The smallest absolute Gasteiger partial charge is 0.305 e. The molecule has 4 fully saturated rings. The molecule has 0 bridgehead atoms. The van der Waals surface area contributed by atoms with Crippen LogP contribution in [0.3, 0.4) is 0 Å². The molecule has 0 aliphatic carbocycles. The number of Topliss-reactive ketones (excluding diaryl/α,β-unsaturated/α-hetero) is 1. The van der Waals surface area contributed by atoms with Gasteiger partial charge in [0.2, 0.25) is 76.8 Å². The number of benzene rings is 2. The van der Waals surface area contributed by atoms with Crippen molar-refractivity contribution in [3.63, 3.8) is 0 Å². The van der Waals surface area contributed by atoms with E-state index in [2.05, 4.69) is 83.4 Å². The first-order valence-electron chi connectivity index (χ1n) is 36.3. The van der Waals surface area contributed by atoms with Gasteiger partial charge in [-0.2, -0.15) is 25.3 Å². The molecule has 4 heterocycles. The fourth-order valence-electron chi connectivity index (χ4n) is 13.3. The van der Waals surface area contributed by atoms with Gasteiger partial charge in [0, 0.05) is 56.4 Å². The minimum Gasteiger partial charge on any atom is -0.481 e. The molecule has 4 saturated heterocycles. The van der Waals surface area contributed by atoms with E-state index in [0.29, 0.717) is 36.8 Å². The van der Waals surface area contributed by atoms with Crippen LogP contribution in [0.15, 0.2) is 65.7 Å². The summed E-state index contributed by atoms with van der Waals surface area (Å²) in [6, 6.07) is -0.698. The predicted molar refractivity (Wildman–Crippen MR) is 396 cm³/mol. The van der Waals surface area contributed by atoms with Crippen LogP contribution in [0.1, 0.15) is 123 Å². The second-order valence-corrected chi connectivity index (χ2v) is 28.3. The number of aliphatic hydroxyl groups is 2. The van der Waals surface area contributed by atoms with Crippen molar-refractivity contribution >= 4 is 120 Å². The second-order valence-electron chi connectivity index (χ2n) is 27.5. The Morgan fingerprint density at radius 1 is 0.523 bits per heavy atom. The van der Waals surface area contributed by atoms with Crippen LogP contribution in [-0.4, -0.2) is 254 Å². The number of carboxylic acids is 1. The van der Waals surface area contributed by atoms with Crippen molar-refractivity contribution in [1.29, 1.82) is 0 Å². The zero-order chi connectivity index (χ0) is 78.8. The maximum absolute atomic E-state index is 14.9. The predicted octanol–water partition coefficient (Wildman–Crippen LogP) is -3.63. The summed E-state index contributed by atoms with van der Waals surface area (Å²) < 4.78 is 0. The van der Waals surface area contributed by atoms with Crippen molar-refractivity contribution in [3.8, 4) is 0 Å². The normalized spacial score (nSPS) is 27.6. The Hall–Kier alpha value is -9.42. The van der Waals surface area contributed by atoms with E-state index in [1.165, 1.54) is 21.6 Å². The molecule has 0 unspecified atom stereocenters. The van der Waals surface area contributed by atoms with Gasteiger partial charge in [0.1, 0.15) is 72.5 Å². The number of carbonyl (C=O) groups is 15. The van der Waals surface area contributed by atoms with E-state index < -0.39 is 217 Å². The first-order valence-corrected chi connectivity index (χ1v) is 37.5. The maximum atomic E-state index is 14.9. The highest BCUT2D eigenvalue weighted by Crippen LogP contribution is 2.28. The molecule has 17 N–H and O–H groups in total. The number of nitrogens with one attached hydrogen (secondary N) is 10. The summed E-state index contributed by atoms with van der Waals surface area (Å²) in [4.78, 5) is 222. The lowest BCUT2D eigenvalue weighted by Gasteiger charge is -2.35. The van der Waals surface area contributed by atoms with Gasteiger partial charge in [-0.1, -0.05) is 101 Å². The fraction of sp³-hybridized carbons (Fsp3) is 0.606. The standard InChI is InChI=1S/C71H104N16O18S2/c1-6-38(3)56-67(102)81-48(36-106)63(98)78-46(31-42-20-12-9-13-21-42)68(103)85-27-15-23-50(85)65(100)77-45(33-55(92)93)60(95)75-34-54(91)76-44(22-14-26-74-71(72)73)61(96)80-49(37-107)64(99)84-58(40(5)89)53(90)32-43(30-41-18-10-8-11-19-41)59(94)79-47(35-88)62(97)83-57(39(4)7-2)70(105)87-29-17-25-52(87)69(104)86-28-16-24-51(86)66(101)82-56/h8-13,18-21,38-40,43-52,56-58,88-89,106-107H,6-7,14-17,22-37H2,1-5H3,(H,75,95)(H,76,91)(H,77,100)(H,78,98)(H,79,94)(H,80,96)(H,81,102)(H,82,101)(H,83,97)(H,84,99)(H,92,93)(H4,72,73,74)/t38-,39-,40+,43-,44-,45-,46-,47-,48-,49-,50-,51-,52-,56-,57-,58-/m0/s1. The summed E-state index contributed by atoms with van der Waals surface area (Å²) in [5.41, 5.74) is 12.1. The molecular formula is C71H104N16O18S2. The van der Waals surface area contributed by atoms with Gasteiger partial charge >= 0.3 is 5.97 Å². The van der Waals surface area contributed by atoms with Gasteiger partial charge < -0.3 is 94.7 Å². The summed E-state index contributed by atoms with van der Waals surface area (Å²) in [5, 5.41) is 57.2. The number of carboxylic acid groups (broad SMARTS) is 1. The first-order chi connectivity index (χ1) is 50.9. The molecule has 107 heavy (non-hydrogen) atoms. The van der Waals surface area contributed by atoms with E-state index >= 15 is 0 Å². The molecule has 4 aliphatic heterocycles. The highest BCUT2D eigenvalue weighted by atomic mass is 32.1. The van der Waals surface area contributed by atoms with Crippen LogP contribution in [0.5, 0.6) is 0 Å². The summed E-state index contributed by atoms with van der Waals surface area (Å²) in [7, 11) is 0. The Morgan fingerprint density at radius 2 is 0.981 bits per heavy atom. The van der Waals surface area contributed by atoms with Gasteiger partial charge in [0.05, 0.1) is 25.7 Å². The average molecular weight is 1530 g/mol. The van der Waals surface area contributed by atoms with E-state index in [9.17, 15) is 87.2 Å². The minimum atomic E-state index is -1.87. The van der Waals surface area contributed by atoms with Gasteiger partial charge in [0.15, 0.2) is 11.7 Å². The van der Waals surface area contributed by atoms with E-state index in [4.69, 9.17) is 11.5 Å². The Kier molecular flexibility index (Phi) is 34.1. The molecule has 0 saturated carbocycles. The number of nitrogens with two attached hydrogens (primary N) is 2. The Labute approximate surface area is 631 Å². The third-order valence-corrected chi connectivity index (χ3v) is 20.4. The number of amides is 13. The van der Waals surface area contributed by atoms with Crippen molar-refractivity contribution in [2.45, 2.75) is 203 Å². The number of aliphatic imine (C=N–C) groups is 1. The molecule has 588 valence electrons. The maximum Gasteiger partial charge on any atom is 0.305 e. The molecule has 36 heteroatoms. The number of carbonyl (C=O) groups excluding carboxylic acids is 14. The quantitative estimate of drug-likeness (QED) is 0.0296. The van der Waals surface area contributed by atoms with Crippen molar-refractivity contribution in [2.75, 3.05) is 50.8 Å². The molecule has 34 nitrogen and oxygen atoms in total. The lowest BCUT2D eigenvalue weighted by molar-refractivity contribution is -0.149. The second kappa shape index (κ2) is 42.2. The first kappa shape index (κ1) is 86.5. The van der Waals surface area contributed by atoms with Gasteiger partial charge in [-0.3, -0.25) is 76.9 Å². The number of nitrogens with zero attached hydrogens (tertiary/aromatic N) is 4. The summed E-state index contributed by atoms with van der Waals surface area (Å²) in [6.07, 6.45) is -1.87. The average Bonchev–Trinajstić information content (AvgIpc) is 1.28. The van der Waals surface area contributed by atoms with Crippen LogP contribution < -0.4 is 64.6 Å². The molecule has 4 aliphatic rings. The van der Waals surface area contributed by atoms with Crippen LogP contribution >= 0.6 is 25.3 Å². The lowest BCUT2D eigenvalue weighted by atomic mass is 9.90. The topological polar surface area (TPSA) is 511 Å². The monoisotopic (exact) mass is 1530 g/mol. The Bertz CT molecular complexity index is 3520. The van der Waals surface area contributed by atoms with E-state index in [1.807, 2.05) is 0 Å².